The zero-order valence-corrected chi connectivity index (χ0v) is 11.4. The van der Waals surface area contributed by atoms with E-state index in [9.17, 15) is 0 Å². The van der Waals surface area contributed by atoms with Crippen LogP contribution in [0, 0.1) is 16.7 Å². The molecule has 1 aliphatic carbocycles. The second kappa shape index (κ2) is 5.20. The highest BCUT2D eigenvalue weighted by molar-refractivity contribution is 7.10. The summed E-state index contributed by atoms with van der Waals surface area (Å²) in [6.07, 6.45) is 4.68. The van der Waals surface area contributed by atoms with Gasteiger partial charge >= 0.3 is 0 Å². The summed E-state index contributed by atoms with van der Waals surface area (Å²) in [5, 5.41) is 14.8. The lowest BCUT2D eigenvalue weighted by atomic mass is 9.90. The first-order valence-corrected chi connectivity index (χ1v) is 7.21. The average molecular weight is 248 g/mol. The third-order valence-electron chi connectivity index (χ3n) is 3.50. The van der Waals surface area contributed by atoms with E-state index in [0.29, 0.717) is 6.04 Å². The van der Waals surface area contributed by atoms with Crippen molar-refractivity contribution in [2.75, 3.05) is 6.54 Å². The minimum absolute atomic E-state index is 0.209. The van der Waals surface area contributed by atoms with E-state index < -0.39 is 0 Å². The van der Waals surface area contributed by atoms with Gasteiger partial charge in [-0.15, -0.1) is 11.3 Å². The van der Waals surface area contributed by atoms with E-state index in [-0.39, 0.29) is 5.41 Å². The second-order valence-electron chi connectivity index (χ2n) is 5.44. The van der Waals surface area contributed by atoms with Crippen LogP contribution in [0.1, 0.15) is 49.6 Å². The predicted molar refractivity (Wildman–Crippen MR) is 72.0 cm³/mol. The van der Waals surface area contributed by atoms with Gasteiger partial charge in [-0.3, -0.25) is 0 Å². The van der Waals surface area contributed by atoms with Crippen molar-refractivity contribution in [3.05, 3.63) is 21.9 Å². The SMILES string of the molecule is CC(C)(C#N)CCNC1CCCc2sccc21. The average Bonchev–Trinajstić information content (AvgIpc) is 2.78. The highest BCUT2D eigenvalue weighted by Gasteiger charge is 2.22. The van der Waals surface area contributed by atoms with E-state index in [2.05, 4.69) is 22.8 Å². The van der Waals surface area contributed by atoms with E-state index >= 15 is 0 Å². The number of fused-ring (bicyclic) bond motifs is 1. The number of nitrogens with one attached hydrogen (secondary N) is 1. The van der Waals surface area contributed by atoms with E-state index in [1.54, 1.807) is 4.88 Å². The number of hydrogen-bond donors (Lipinski definition) is 1. The van der Waals surface area contributed by atoms with Crippen molar-refractivity contribution in [1.29, 1.82) is 5.26 Å². The molecule has 0 saturated heterocycles. The van der Waals surface area contributed by atoms with Gasteiger partial charge in [0, 0.05) is 10.9 Å². The molecule has 17 heavy (non-hydrogen) atoms. The van der Waals surface area contributed by atoms with Gasteiger partial charge in [-0.05, 0) is 63.1 Å². The molecule has 92 valence electrons. The molecule has 0 radical (unpaired) electrons. The van der Waals surface area contributed by atoms with Crippen LogP contribution in [-0.2, 0) is 6.42 Å². The lowest BCUT2D eigenvalue weighted by Crippen LogP contribution is -2.27. The van der Waals surface area contributed by atoms with Gasteiger partial charge in [-0.2, -0.15) is 5.26 Å². The van der Waals surface area contributed by atoms with Crippen LogP contribution >= 0.6 is 11.3 Å². The maximum absolute atomic E-state index is 8.98. The van der Waals surface area contributed by atoms with Crippen LogP contribution in [0.4, 0.5) is 0 Å². The predicted octanol–water partition coefficient (Wildman–Crippen LogP) is 3.65. The molecule has 2 rings (SSSR count). The minimum atomic E-state index is -0.209. The Morgan fingerprint density at radius 3 is 3.18 bits per heavy atom. The molecule has 3 heteroatoms. The molecule has 0 aromatic carbocycles. The molecule has 2 nitrogen and oxygen atoms in total. The zero-order chi connectivity index (χ0) is 12.3. The molecule has 1 N–H and O–H groups in total. The molecular formula is C14H20N2S. The lowest BCUT2D eigenvalue weighted by Gasteiger charge is -2.25. The highest BCUT2D eigenvalue weighted by Crippen LogP contribution is 2.33. The number of hydrogen-bond acceptors (Lipinski definition) is 3. The van der Waals surface area contributed by atoms with Crippen molar-refractivity contribution in [2.24, 2.45) is 5.41 Å². The fourth-order valence-corrected chi connectivity index (χ4v) is 3.30. The first-order valence-electron chi connectivity index (χ1n) is 6.33. The Balaban J connectivity index is 1.88. The molecule has 0 fully saturated rings. The van der Waals surface area contributed by atoms with Crippen molar-refractivity contribution in [3.63, 3.8) is 0 Å². The van der Waals surface area contributed by atoms with Crippen molar-refractivity contribution in [2.45, 2.75) is 45.6 Å². The van der Waals surface area contributed by atoms with Crippen molar-refractivity contribution >= 4 is 11.3 Å². The summed E-state index contributed by atoms with van der Waals surface area (Å²) >= 11 is 1.88. The highest BCUT2D eigenvalue weighted by atomic mass is 32.1. The van der Waals surface area contributed by atoms with E-state index in [0.717, 1.165) is 13.0 Å². The quantitative estimate of drug-likeness (QED) is 0.882. The summed E-state index contributed by atoms with van der Waals surface area (Å²) in [5.41, 5.74) is 1.29. The van der Waals surface area contributed by atoms with Crippen LogP contribution in [0.3, 0.4) is 0 Å². The first-order chi connectivity index (χ1) is 8.12. The van der Waals surface area contributed by atoms with Crippen LogP contribution in [0.15, 0.2) is 11.4 Å². The second-order valence-corrected chi connectivity index (χ2v) is 6.44. The molecule has 1 aromatic rings. The van der Waals surface area contributed by atoms with E-state index in [1.807, 2.05) is 25.2 Å². The first kappa shape index (κ1) is 12.6. The molecule has 1 atom stereocenters. The Kier molecular flexibility index (Phi) is 3.86. The number of nitriles is 1. The Bertz CT molecular complexity index is 414. The molecule has 1 heterocycles. The summed E-state index contributed by atoms with van der Waals surface area (Å²) in [4.78, 5) is 1.55. The van der Waals surface area contributed by atoms with Crippen LogP contribution in [0.25, 0.3) is 0 Å². The standard InChI is InChI=1S/C14H20N2S/c1-14(2,10-15)7-8-16-12-4-3-5-13-11(12)6-9-17-13/h6,9,12,16H,3-5,7-8H2,1-2H3. The lowest BCUT2D eigenvalue weighted by molar-refractivity contribution is 0.392. The van der Waals surface area contributed by atoms with Crippen LogP contribution in [-0.4, -0.2) is 6.54 Å². The number of nitrogens with zero attached hydrogens (tertiary/aromatic N) is 1. The Hall–Kier alpha value is -0.850. The van der Waals surface area contributed by atoms with Gasteiger partial charge in [-0.1, -0.05) is 0 Å². The Labute approximate surface area is 108 Å². The summed E-state index contributed by atoms with van der Waals surface area (Å²) in [5.74, 6) is 0. The van der Waals surface area contributed by atoms with Crippen molar-refractivity contribution in [1.82, 2.24) is 5.32 Å². The maximum atomic E-state index is 8.98. The molecule has 1 aliphatic rings. The van der Waals surface area contributed by atoms with Gasteiger partial charge < -0.3 is 5.32 Å². The maximum Gasteiger partial charge on any atom is 0.0684 e. The van der Waals surface area contributed by atoms with Gasteiger partial charge in [0.15, 0.2) is 0 Å². The minimum Gasteiger partial charge on any atom is -0.310 e. The van der Waals surface area contributed by atoms with Crippen molar-refractivity contribution in [3.8, 4) is 6.07 Å². The molecule has 1 unspecified atom stereocenters. The van der Waals surface area contributed by atoms with Crippen LogP contribution in [0.5, 0.6) is 0 Å². The van der Waals surface area contributed by atoms with Gasteiger partial charge in [0.2, 0.25) is 0 Å². The van der Waals surface area contributed by atoms with Crippen LogP contribution < -0.4 is 5.32 Å². The third-order valence-corrected chi connectivity index (χ3v) is 4.49. The summed E-state index contributed by atoms with van der Waals surface area (Å²) < 4.78 is 0. The monoisotopic (exact) mass is 248 g/mol. The fourth-order valence-electron chi connectivity index (χ4n) is 2.31. The molecule has 0 aliphatic heterocycles. The normalized spacial score (nSPS) is 19.7. The fraction of sp³-hybridized carbons (Fsp3) is 0.643. The molecule has 1 aromatic heterocycles. The molecule has 0 bridgehead atoms. The van der Waals surface area contributed by atoms with Gasteiger partial charge in [0.05, 0.1) is 11.5 Å². The number of thiophene rings is 1. The van der Waals surface area contributed by atoms with Gasteiger partial charge in [0.25, 0.3) is 0 Å². The summed E-state index contributed by atoms with van der Waals surface area (Å²) in [6, 6.07) is 5.12. The topological polar surface area (TPSA) is 35.8 Å². The van der Waals surface area contributed by atoms with Crippen LogP contribution in [0.2, 0.25) is 0 Å². The molecule has 0 amide bonds. The smallest absolute Gasteiger partial charge is 0.0684 e. The zero-order valence-electron chi connectivity index (χ0n) is 10.6. The number of aryl methyl sites for hydroxylation is 1. The van der Waals surface area contributed by atoms with E-state index in [1.165, 1.54) is 24.8 Å². The Morgan fingerprint density at radius 1 is 1.59 bits per heavy atom. The Morgan fingerprint density at radius 2 is 2.41 bits per heavy atom. The van der Waals surface area contributed by atoms with E-state index in [4.69, 9.17) is 5.26 Å². The molecular weight excluding hydrogens is 228 g/mol. The molecule has 0 saturated carbocycles. The molecule has 0 spiro atoms. The third kappa shape index (κ3) is 3.08. The van der Waals surface area contributed by atoms with Gasteiger partial charge in [-0.25, -0.2) is 0 Å². The van der Waals surface area contributed by atoms with Gasteiger partial charge in [0.1, 0.15) is 0 Å². The van der Waals surface area contributed by atoms with Crippen molar-refractivity contribution < 1.29 is 0 Å². The summed E-state index contributed by atoms with van der Waals surface area (Å²) in [7, 11) is 0. The summed E-state index contributed by atoms with van der Waals surface area (Å²) in [6.45, 7) is 4.94. The largest absolute Gasteiger partial charge is 0.310 e. The number of rotatable bonds is 4.